The zero-order valence-electron chi connectivity index (χ0n) is 17.6. The molecule has 1 aliphatic rings. The van der Waals surface area contributed by atoms with Crippen LogP contribution in [0, 0.1) is 12.8 Å². The summed E-state index contributed by atoms with van der Waals surface area (Å²) in [5.74, 6) is 0.844. The number of piperidine rings is 1. The number of aliphatic imine (C=N–C) groups is 1. The number of carbonyl (C=O) groups excluding carboxylic acids is 1. The Morgan fingerprint density at radius 2 is 2.10 bits per heavy atom. The number of hydrogen-bond donors (Lipinski definition) is 0. The van der Waals surface area contributed by atoms with Crippen LogP contribution in [-0.4, -0.2) is 38.4 Å². The largest absolute Gasteiger partial charge is 0.300 e. The van der Waals surface area contributed by atoms with Crippen molar-refractivity contribution in [2.75, 3.05) is 6.54 Å². The molecule has 2 aromatic heterocycles. The van der Waals surface area contributed by atoms with Crippen LogP contribution in [0.2, 0.25) is 5.15 Å². The molecular weight excluding hydrogens is 398 g/mol. The summed E-state index contributed by atoms with van der Waals surface area (Å²) in [5.41, 5.74) is 3.46. The summed E-state index contributed by atoms with van der Waals surface area (Å²) in [5, 5.41) is 8.31. The number of aromatic nitrogens is 3. The molecule has 0 aliphatic carbocycles. The highest BCUT2D eigenvalue weighted by molar-refractivity contribution is 6.29. The Kier molecular flexibility index (Phi) is 7.69. The molecule has 1 unspecified atom stereocenters. The summed E-state index contributed by atoms with van der Waals surface area (Å²) < 4.78 is 0. The molecule has 0 saturated carbocycles. The van der Waals surface area contributed by atoms with E-state index >= 15 is 0 Å². The van der Waals surface area contributed by atoms with Crippen LogP contribution in [0.1, 0.15) is 55.7 Å². The smallest absolute Gasteiger partial charge is 0.231 e. The van der Waals surface area contributed by atoms with Gasteiger partial charge in [-0.3, -0.25) is 4.79 Å². The standard InChI is InChI=1S/C23H28ClN5O/c1-4-5-8-22(28-17(3)20-15-27-26-13-16(20)2)29-11-6-7-19(23(29)30)12-18-9-10-21(24)25-14-18/h9-10,13-15,19H,3-8,11-12H2,1-2H3. The van der Waals surface area contributed by atoms with Gasteiger partial charge in [-0.2, -0.15) is 10.2 Å². The fourth-order valence-corrected chi connectivity index (χ4v) is 3.81. The van der Waals surface area contributed by atoms with Crippen molar-refractivity contribution < 1.29 is 4.79 Å². The molecule has 3 rings (SSSR count). The van der Waals surface area contributed by atoms with E-state index in [1.165, 1.54) is 0 Å². The first kappa shape index (κ1) is 22.1. The van der Waals surface area contributed by atoms with Crippen molar-refractivity contribution in [2.45, 2.75) is 52.4 Å². The molecule has 6 nitrogen and oxygen atoms in total. The molecule has 158 valence electrons. The summed E-state index contributed by atoms with van der Waals surface area (Å²) in [6, 6.07) is 3.71. The Morgan fingerprint density at radius 1 is 1.30 bits per heavy atom. The fourth-order valence-electron chi connectivity index (χ4n) is 3.69. The maximum Gasteiger partial charge on any atom is 0.231 e. The van der Waals surface area contributed by atoms with Crippen LogP contribution in [-0.2, 0) is 11.2 Å². The first-order chi connectivity index (χ1) is 14.5. The number of unbranched alkanes of at least 4 members (excludes halogenated alkanes) is 1. The van der Waals surface area contributed by atoms with Crippen molar-refractivity contribution in [3.05, 3.63) is 59.1 Å². The van der Waals surface area contributed by atoms with E-state index in [1.807, 2.05) is 17.9 Å². The van der Waals surface area contributed by atoms with Gasteiger partial charge in [-0.25, -0.2) is 9.98 Å². The quantitative estimate of drug-likeness (QED) is 0.360. The molecule has 3 heterocycles. The van der Waals surface area contributed by atoms with Crippen molar-refractivity contribution in [3.63, 3.8) is 0 Å². The van der Waals surface area contributed by atoms with Gasteiger partial charge >= 0.3 is 0 Å². The number of hydrogen-bond acceptors (Lipinski definition) is 5. The van der Waals surface area contributed by atoms with E-state index in [4.69, 9.17) is 16.6 Å². The number of carbonyl (C=O) groups is 1. The van der Waals surface area contributed by atoms with Gasteiger partial charge in [0.05, 0.1) is 18.1 Å². The van der Waals surface area contributed by atoms with Crippen molar-refractivity contribution in [1.82, 2.24) is 20.1 Å². The van der Waals surface area contributed by atoms with Gasteiger partial charge in [-0.15, -0.1) is 0 Å². The van der Waals surface area contributed by atoms with Crippen LogP contribution in [0.5, 0.6) is 0 Å². The average molecular weight is 426 g/mol. The van der Waals surface area contributed by atoms with Gasteiger partial charge in [0.2, 0.25) is 5.91 Å². The summed E-state index contributed by atoms with van der Waals surface area (Å²) in [6.07, 6.45) is 10.3. The highest BCUT2D eigenvalue weighted by atomic mass is 35.5. The van der Waals surface area contributed by atoms with Crippen molar-refractivity contribution in [1.29, 1.82) is 0 Å². The molecular formula is C23H28ClN5O. The van der Waals surface area contributed by atoms with Gasteiger partial charge in [-0.05, 0) is 49.8 Å². The van der Waals surface area contributed by atoms with E-state index in [0.717, 1.165) is 54.6 Å². The van der Waals surface area contributed by atoms with E-state index in [2.05, 4.69) is 28.7 Å². The molecule has 1 fully saturated rings. The van der Waals surface area contributed by atoms with Gasteiger partial charge in [0.25, 0.3) is 0 Å². The Balaban J connectivity index is 1.81. The number of rotatable bonds is 7. The monoisotopic (exact) mass is 425 g/mol. The Hall–Kier alpha value is -2.60. The molecule has 0 aromatic carbocycles. The van der Waals surface area contributed by atoms with E-state index in [1.54, 1.807) is 24.7 Å². The summed E-state index contributed by atoms with van der Waals surface area (Å²) in [4.78, 5) is 24.1. The fraction of sp³-hybridized carbons (Fsp3) is 0.435. The molecule has 0 N–H and O–H groups in total. The lowest BCUT2D eigenvalue weighted by atomic mass is 9.90. The minimum absolute atomic E-state index is 0.0776. The first-order valence-electron chi connectivity index (χ1n) is 10.5. The minimum Gasteiger partial charge on any atom is -0.300 e. The number of halogens is 1. The topological polar surface area (TPSA) is 71.3 Å². The van der Waals surface area contributed by atoms with Crippen LogP contribution in [0.3, 0.4) is 0 Å². The maximum absolute atomic E-state index is 13.3. The van der Waals surface area contributed by atoms with E-state index in [0.29, 0.717) is 23.8 Å². The second-order valence-corrected chi connectivity index (χ2v) is 8.07. The van der Waals surface area contributed by atoms with E-state index in [9.17, 15) is 4.79 Å². The lowest BCUT2D eigenvalue weighted by molar-refractivity contribution is -0.134. The van der Waals surface area contributed by atoms with Gasteiger partial charge in [0.15, 0.2) is 0 Å². The summed E-state index contributed by atoms with van der Waals surface area (Å²) in [7, 11) is 0. The number of likely N-dealkylation sites (tertiary alicyclic amines) is 1. The number of pyridine rings is 1. The predicted octanol–water partition coefficient (Wildman–Crippen LogP) is 4.87. The molecule has 1 amide bonds. The van der Waals surface area contributed by atoms with Crippen LogP contribution in [0.4, 0.5) is 0 Å². The first-order valence-corrected chi connectivity index (χ1v) is 10.8. The third-order valence-corrected chi connectivity index (χ3v) is 5.61. The minimum atomic E-state index is -0.0776. The van der Waals surface area contributed by atoms with Gasteiger partial charge < -0.3 is 4.90 Å². The van der Waals surface area contributed by atoms with Gasteiger partial charge in [-0.1, -0.05) is 37.6 Å². The van der Waals surface area contributed by atoms with Crippen molar-refractivity contribution in [2.24, 2.45) is 10.9 Å². The molecule has 1 aliphatic heterocycles. The molecule has 0 spiro atoms. The van der Waals surface area contributed by atoms with Crippen molar-refractivity contribution >= 4 is 29.0 Å². The lowest BCUT2D eigenvalue weighted by Crippen LogP contribution is -2.45. The lowest BCUT2D eigenvalue weighted by Gasteiger charge is -2.33. The highest BCUT2D eigenvalue weighted by Crippen LogP contribution is 2.25. The highest BCUT2D eigenvalue weighted by Gasteiger charge is 2.31. The van der Waals surface area contributed by atoms with Crippen molar-refractivity contribution in [3.8, 4) is 0 Å². The number of amidine groups is 1. The summed E-state index contributed by atoms with van der Waals surface area (Å²) >= 11 is 5.89. The second kappa shape index (κ2) is 10.4. The summed E-state index contributed by atoms with van der Waals surface area (Å²) in [6.45, 7) is 8.92. The SMILES string of the molecule is C=C(N=C(CCCC)N1CCCC(Cc2ccc(Cl)nc2)C1=O)c1cnncc1C. The van der Waals surface area contributed by atoms with E-state index in [-0.39, 0.29) is 11.8 Å². The molecule has 1 atom stereocenters. The molecule has 7 heteroatoms. The number of amides is 1. The molecule has 0 bridgehead atoms. The van der Waals surface area contributed by atoms with Gasteiger partial charge in [0.1, 0.15) is 11.0 Å². The van der Waals surface area contributed by atoms with Crippen LogP contribution >= 0.6 is 11.6 Å². The molecule has 30 heavy (non-hydrogen) atoms. The third-order valence-electron chi connectivity index (χ3n) is 5.39. The van der Waals surface area contributed by atoms with Crippen LogP contribution in [0.15, 0.2) is 42.3 Å². The zero-order chi connectivity index (χ0) is 21.5. The number of aryl methyl sites for hydroxylation is 1. The van der Waals surface area contributed by atoms with Gasteiger partial charge in [0, 0.05) is 30.6 Å². The predicted molar refractivity (Wildman–Crippen MR) is 120 cm³/mol. The Morgan fingerprint density at radius 3 is 2.80 bits per heavy atom. The second-order valence-electron chi connectivity index (χ2n) is 7.69. The normalized spacial score (nSPS) is 17.3. The number of nitrogens with zero attached hydrogens (tertiary/aromatic N) is 5. The average Bonchev–Trinajstić information content (AvgIpc) is 2.74. The van der Waals surface area contributed by atoms with Crippen LogP contribution < -0.4 is 0 Å². The third kappa shape index (κ3) is 5.51. The molecule has 2 aromatic rings. The Bertz CT molecular complexity index is 925. The van der Waals surface area contributed by atoms with E-state index < -0.39 is 0 Å². The maximum atomic E-state index is 13.3. The zero-order valence-corrected chi connectivity index (χ0v) is 18.4. The Labute approximate surface area is 183 Å². The molecule has 1 saturated heterocycles. The molecule has 0 radical (unpaired) electrons. The van der Waals surface area contributed by atoms with Crippen LogP contribution in [0.25, 0.3) is 5.70 Å².